The molecule has 3 N–H and O–H groups in total. The second kappa shape index (κ2) is 15.7. The number of hydrogen-bond acceptors (Lipinski definition) is 7. The average Bonchev–Trinajstić information content (AvgIpc) is 3.81. The van der Waals surface area contributed by atoms with E-state index in [0.29, 0.717) is 27.0 Å². The highest BCUT2D eigenvalue weighted by Gasteiger charge is 2.24. The van der Waals surface area contributed by atoms with Gasteiger partial charge in [-0.3, -0.25) is 14.4 Å². The van der Waals surface area contributed by atoms with Gasteiger partial charge in [-0.05, 0) is 71.1 Å². The van der Waals surface area contributed by atoms with Crippen LogP contribution in [-0.2, 0) is 9.59 Å². The van der Waals surface area contributed by atoms with Crippen LogP contribution in [0, 0.1) is 0 Å². The van der Waals surface area contributed by atoms with E-state index in [2.05, 4.69) is 20.9 Å². The van der Waals surface area contributed by atoms with Gasteiger partial charge in [0, 0.05) is 26.5 Å². The predicted molar refractivity (Wildman–Crippen MR) is 198 cm³/mol. The van der Waals surface area contributed by atoms with Crippen LogP contribution in [0.15, 0.2) is 143 Å². The summed E-state index contributed by atoms with van der Waals surface area (Å²) in [6.45, 7) is 0. The molecule has 0 saturated heterocycles. The van der Waals surface area contributed by atoms with Gasteiger partial charge in [0.05, 0.1) is 10.6 Å². The number of rotatable bonds is 11. The predicted octanol–water partition coefficient (Wildman–Crippen LogP) is 9.41. The number of aromatic nitrogens is 1. The van der Waals surface area contributed by atoms with Gasteiger partial charge in [0.2, 0.25) is 5.91 Å². The molecule has 0 spiro atoms. The Kier molecular flexibility index (Phi) is 10.8. The minimum Gasteiger partial charge on any atom is -0.321 e. The van der Waals surface area contributed by atoms with Gasteiger partial charge in [0.25, 0.3) is 11.8 Å². The Morgan fingerprint density at radius 1 is 0.792 bits per heavy atom. The third-order valence-electron chi connectivity index (χ3n) is 6.88. The quantitative estimate of drug-likeness (QED) is 0.0921. The molecule has 4 aromatic carbocycles. The molecule has 0 fully saturated rings. The van der Waals surface area contributed by atoms with Crippen LogP contribution in [0.5, 0.6) is 0 Å². The first-order valence-corrected chi connectivity index (χ1v) is 17.7. The number of nitrogens with zero attached hydrogens (tertiary/aromatic N) is 1. The fourth-order valence-corrected chi connectivity index (χ4v) is 7.38. The van der Waals surface area contributed by atoms with Crippen molar-refractivity contribution in [2.75, 3.05) is 10.6 Å². The fraction of sp³-hybridized carbons (Fsp3) is 0.0270. The number of thiazole rings is 1. The maximum atomic E-state index is 13.7. The Hall–Kier alpha value is -5.00. The Morgan fingerprint density at radius 3 is 2.31 bits per heavy atom. The van der Waals surface area contributed by atoms with Gasteiger partial charge in [-0.1, -0.05) is 84.4 Å². The summed E-state index contributed by atoms with van der Waals surface area (Å²) in [7, 11) is 0. The SMILES string of the molecule is O=C(Nc1cccc(SC(C(=O)Nc2nc(-c3cccs3)cs2)c2ccccc2)c1)/C(=C/c1cccc(Cl)c1)NC(=O)c1ccccc1. The lowest BCUT2D eigenvalue weighted by Gasteiger charge is -2.17. The van der Waals surface area contributed by atoms with E-state index in [0.717, 1.165) is 21.0 Å². The second-order valence-electron chi connectivity index (χ2n) is 10.3. The molecule has 238 valence electrons. The smallest absolute Gasteiger partial charge is 0.272 e. The molecule has 1 atom stereocenters. The molecule has 11 heteroatoms. The summed E-state index contributed by atoms with van der Waals surface area (Å²) < 4.78 is 0. The Bertz CT molecular complexity index is 2070. The number of anilines is 2. The van der Waals surface area contributed by atoms with Crippen LogP contribution in [-0.4, -0.2) is 22.7 Å². The highest BCUT2D eigenvalue weighted by Crippen LogP contribution is 2.38. The van der Waals surface area contributed by atoms with E-state index in [1.807, 2.05) is 65.4 Å². The van der Waals surface area contributed by atoms with Crippen molar-refractivity contribution in [1.82, 2.24) is 10.3 Å². The summed E-state index contributed by atoms with van der Waals surface area (Å²) >= 11 is 10.5. The standard InChI is InChI=1S/C37H27ClN4O3S3/c38-27-15-7-10-24(20-27)21-30(40-34(43)26-13-5-2-6-14-26)35(44)39-28-16-8-17-29(22-28)48-33(25-11-3-1-4-12-25)36(45)42-37-41-31(23-47-37)32-18-9-19-46-32/h1-23,33H,(H,39,44)(H,40,43)(H,41,42,45)/b30-21-. The summed E-state index contributed by atoms with van der Waals surface area (Å²) in [5.74, 6) is -1.17. The lowest BCUT2D eigenvalue weighted by atomic mass is 10.1. The molecule has 2 heterocycles. The van der Waals surface area contributed by atoms with E-state index in [-0.39, 0.29) is 11.6 Å². The van der Waals surface area contributed by atoms with Crippen molar-refractivity contribution < 1.29 is 14.4 Å². The van der Waals surface area contributed by atoms with E-state index >= 15 is 0 Å². The zero-order chi connectivity index (χ0) is 33.3. The third kappa shape index (κ3) is 8.67. The molecule has 6 aromatic rings. The van der Waals surface area contributed by atoms with Crippen molar-refractivity contribution in [3.05, 3.63) is 159 Å². The molecule has 1 unspecified atom stereocenters. The minimum absolute atomic E-state index is 0.0380. The number of carbonyl (C=O) groups excluding carboxylic acids is 3. The fourth-order valence-electron chi connectivity index (χ4n) is 4.63. The molecular formula is C37H27ClN4O3S3. The highest BCUT2D eigenvalue weighted by molar-refractivity contribution is 8.00. The molecule has 7 nitrogen and oxygen atoms in total. The van der Waals surface area contributed by atoms with Crippen molar-refractivity contribution in [2.24, 2.45) is 0 Å². The third-order valence-corrected chi connectivity index (χ3v) is 10.0. The van der Waals surface area contributed by atoms with Crippen LogP contribution in [0.25, 0.3) is 16.6 Å². The summed E-state index contributed by atoms with van der Waals surface area (Å²) in [5, 5.41) is 13.0. The lowest BCUT2D eigenvalue weighted by Crippen LogP contribution is -2.30. The van der Waals surface area contributed by atoms with Crippen LogP contribution >= 0.6 is 46.0 Å². The lowest BCUT2D eigenvalue weighted by molar-refractivity contribution is -0.116. The zero-order valence-electron chi connectivity index (χ0n) is 25.1. The van der Waals surface area contributed by atoms with E-state index in [1.165, 1.54) is 23.1 Å². The van der Waals surface area contributed by atoms with E-state index in [4.69, 9.17) is 11.6 Å². The second-order valence-corrected chi connectivity index (χ2v) is 13.7. The van der Waals surface area contributed by atoms with E-state index in [1.54, 1.807) is 84.1 Å². The molecule has 0 radical (unpaired) electrons. The Morgan fingerprint density at radius 2 is 1.56 bits per heavy atom. The Balaban J connectivity index is 1.21. The van der Waals surface area contributed by atoms with Crippen LogP contribution in [0.3, 0.4) is 0 Å². The van der Waals surface area contributed by atoms with Gasteiger partial charge in [0.15, 0.2) is 5.13 Å². The van der Waals surface area contributed by atoms with Gasteiger partial charge in [-0.2, -0.15) is 0 Å². The number of nitrogens with one attached hydrogen (secondary N) is 3. The van der Waals surface area contributed by atoms with Crippen molar-refractivity contribution in [3.8, 4) is 10.6 Å². The van der Waals surface area contributed by atoms with Gasteiger partial charge in [0.1, 0.15) is 10.9 Å². The van der Waals surface area contributed by atoms with E-state index in [9.17, 15) is 14.4 Å². The minimum atomic E-state index is -0.602. The number of thioether (sulfide) groups is 1. The van der Waals surface area contributed by atoms with Crippen molar-refractivity contribution in [1.29, 1.82) is 0 Å². The summed E-state index contributed by atoms with van der Waals surface area (Å²) in [6.07, 6.45) is 1.57. The molecule has 48 heavy (non-hydrogen) atoms. The normalized spacial score (nSPS) is 11.8. The first-order valence-electron chi connectivity index (χ1n) is 14.7. The molecule has 3 amide bonds. The van der Waals surface area contributed by atoms with Gasteiger partial charge >= 0.3 is 0 Å². The number of amides is 3. The van der Waals surface area contributed by atoms with Crippen LogP contribution < -0.4 is 16.0 Å². The number of thiophene rings is 1. The summed E-state index contributed by atoms with van der Waals surface area (Å²) in [6, 6.07) is 36.3. The number of hydrogen-bond donors (Lipinski definition) is 3. The van der Waals surface area contributed by atoms with Gasteiger partial charge < -0.3 is 16.0 Å². The molecule has 0 aliphatic carbocycles. The van der Waals surface area contributed by atoms with Crippen molar-refractivity contribution in [2.45, 2.75) is 10.1 Å². The van der Waals surface area contributed by atoms with Crippen LogP contribution in [0.1, 0.15) is 26.7 Å². The topological polar surface area (TPSA) is 100 Å². The molecule has 0 saturated carbocycles. The Labute approximate surface area is 294 Å². The van der Waals surface area contributed by atoms with Gasteiger partial charge in [-0.15, -0.1) is 34.4 Å². The van der Waals surface area contributed by atoms with E-state index < -0.39 is 17.1 Å². The van der Waals surface area contributed by atoms with Crippen LogP contribution in [0.4, 0.5) is 10.8 Å². The first-order chi connectivity index (χ1) is 23.4. The molecule has 0 aliphatic rings. The van der Waals surface area contributed by atoms with Gasteiger partial charge in [-0.25, -0.2) is 4.98 Å². The maximum Gasteiger partial charge on any atom is 0.272 e. The first kappa shape index (κ1) is 32.9. The molecule has 0 bridgehead atoms. The molecule has 2 aromatic heterocycles. The number of carbonyl (C=O) groups is 3. The largest absolute Gasteiger partial charge is 0.321 e. The average molecular weight is 707 g/mol. The summed E-state index contributed by atoms with van der Waals surface area (Å²) in [4.78, 5) is 46.7. The maximum absolute atomic E-state index is 13.7. The molecule has 0 aliphatic heterocycles. The highest BCUT2D eigenvalue weighted by atomic mass is 35.5. The van der Waals surface area contributed by atoms with Crippen molar-refractivity contribution >= 4 is 80.7 Å². The zero-order valence-corrected chi connectivity index (χ0v) is 28.3. The number of benzene rings is 4. The molecular weight excluding hydrogens is 680 g/mol. The monoisotopic (exact) mass is 706 g/mol. The number of halogens is 1. The molecule has 6 rings (SSSR count). The van der Waals surface area contributed by atoms with Crippen LogP contribution in [0.2, 0.25) is 5.02 Å². The van der Waals surface area contributed by atoms with Crippen molar-refractivity contribution in [3.63, 3.8) is 0 Å². The summed E-state index contributed by atoms with van der Waals surface area (Å²) in [5.41, 5.74) is 3.22.